The third-order valence-corrected chi connectivity index (χ3v) is 12.2. The molecule has 2 aromatic rings. The molecular formula is C32H47NO7Si. The van der Waals surface area contributed by atoms with Gasteiger partial charge in [0.2, 0.25) is 0 Å². The molecule has 2 aromatic carbocycles. The van der Waals surface area contributed by atoms with Gasteiger partial charge in [-0.2, -0.15) is 0 Å². The molecule has 0 aliphatic heterocycles. The van der Waals surface area contributed by atoms with Gasteiger partial charge in [-0.1, -0.05) is 81.4 Å². The van der Waals surface area contributed by atoms with Crippen LogP contribution in [0.4, 0.5) is 0 Å². The van der Waals surface area contributed by atoms with Crippen molar-refractivity contribution in [1.29, 1.82) is 0 Å². The van der Waals surface area contributed by atoms with Crippen molar-refractivity contribution in [2.45, 2.75) is 97.0 Å². The van der Waals surface area contributed by atoms with Gasteiger partial charge in [0.05, 0.1) is 18.7 Å². The van der Waals surface area contributed by atoms with Gasteiger partial charge in [0.25, 0.3) is 0 Å². The topological polar surface area (TPSA) is 91.4 Å². The molecule has 0 amide bonds. The predicted molar refractivity (Wildman–Crippen MR) is 162 cm³/mol. The molecule has 0 saturated heterocycles. The summed E-state index contributed by atoms with van der Waals surface area (Å²) in [6.07, 6.45) is -2.99. The lowest BCUT2D eigenvalue weighted by atomic mass is 9.93. The number of carbonyl (C=O) groups is 3. The van der Waals surface area contributed by atoms with E-state index in [2.05, 4.69) is 38.8 Å². The second-order valence-electron chi connectivity index (χ2n) is 12.0. The molecule has 0 saturated carbocycles. The molecule has 0 aromatic heterocycles. The highest BCUT2D eigenvalue weighted by atomic mass is 28.4. The lowest BCUT2D eigenvalue weighted by molar-refractivity contribution is -0.189. The first-order valence-corrected chi connectivity index (χ1v) is 16.9. The lowest BCUT2D eigenvalue weighted by Gasteiger charge is -2.44. The van der Waals surface area contributed by atoms with E-state index in [9.17, 15) is 14.4 Å². The zero-order valence-corrected chi connectivity index (χ0v) is 27.2. The number of rotatable bonds is 13. The fraction of sp³-hybridized carbons (Fsp3) is 0.531. The molecule has 0 fully saturated rings. The van der Waals surface area contributed by atoms with Gasteiger partial charge in [0.1, 0.15) is 6.10 Å². The fourth-order valence-electron chi connectivity index (χ4n) is 4.59. The molecular weight excluding hydrogens is 538 g/mol. The fourth-order valence-corrected chi connectivity index (χ4v) is 5.61. The Bertz CT molecular complexity index is 1090. The van der Waals surface area contributed by atoms with Crippen molar-refractivity contribution >= 4 is 26.2 Å². The average molecular weight is 586 g/mol. The molecule has 0 aliphatic rings. The Morgan fingerprint density at radius 2 is 1.17 bits per heavy atom. The van der Waals surface area contributed by atoms with Gasteiger partial charge in [-0.15, -0.1) is 0 Å². The van der Waals surface area contributed by atoms with Crippen molar-refractivity contribution < 1.29 is 33.0 Å². The van der Waals surface area contributed by atoms with Gasteiger partial charge in [0, 0.05) is 20.8 Å². The molecule has 0 bridgehead atoms. The highest BCUT2D eigenvalue weighted by Gasteiger charge is 2.45. The average Bonchev–Trinajstić information content (AvgIpc) is 2.86. The molecule has 4 atom stereocenters. The molecule has 226 valence electrons. The van der Waals surface area contributed by atoms with E-state index in [1.165, 1.54) is 20.8 Å². The SMILES string of the molecule is CC(=O)O[C@H]([C@H](OC(C)=O)[C@H](CO[Si](C)(C)C(C)(C)C)N(C)C(c1ccccc1)c1ccccc1)[C@@H](C)OC(C)=O. The number of esters is 3. The Morgan fingerprint density at radius 1 is 0.756 bits per heavy atom. The highest BCUT2D eigenvalue weighted by molar-refractivity contribution is 6.74. The number of hydrogen-bond acceptors (Lipinski definition) is 8. The van der Waals surface area contributed by atoms with Gasteiger partial charge in [-0.25, -0.2) is 0 Å². The maximum Gasteiger partial charge on any atom is 0.303 e. The number of hydrogen-bond donors (Lipinski definition) is 0. The molecule has 9 heteroatoms. The van der Waals surface area contributed by atoms with Crippen LogP contribution in [0.15, 0.2) is 60.7 Å². The van der Waals surface area contributed by atoms with E-state index in [4.69, 9.17) is 18.6 Å². The van der Waals surface area contributed by atoms with E-state index in [1.807, 2.05) is 67.7 Å². The van der Waals surface area contributed by atoms with Crippen LogP contribution in [0, 0.1) is 0 Å². The van der Waals surface area contributed by atoms with Crippen molar-refractivity contribution in [3.63, 3.8) is 0 Å². The van der Waals surface area contributed by atoms with Crippen molar-refractivity contribution in [2.24, 2.45) is 0 Å². The Balaban J connectivity index is 2.74. The molecule has 0 N–H and O–H groups in total. The smallest absolute Gasteiger partial charge is 0.303 e. The highest BCUT2D eigenvalue weighted by Crippen LogP contribution is 2.38. The monoisotopic (exact) mass is 585 g/mol. The normalized spacial score (nSPS) is 15.1. The minimum atomic E-state index is -2.27. The minimum Gasteiger partial charge on any atom is -0.459 e. The van der Waals surface area contributed by atoms with Crippen LogP contribution in [0.25, 0.3) is 0 Å². The summed E-state index contributed by atoms with van der Waals surface area (Å²) in [5.41, 5.74) is 2.05. The summed E-state index contributed by atoms with van der Waals surface area (Å²) in [5.74, 6) is -1.67. The van der Waals surface area contributed by atoms with Gasteiger partial charge >= 0.3 is 17.9 Å². The van der Waals surface area contributed by atoms with Gasteiger partial charge in [-0.3, -0.25) is 19.3 Å². The summed E-state index contributed by atoms with van der Waals surface area (Å²) in [7, 11) is -0.327. The molecule has 2 rings (SSSR count). The van der Waals surface area contributed by atoms with Crippen LogP contribution in [-0.4, -0.2) is 69.1 Å². The Kier molecular flexibility index (Phi) is 12.3. The number of benzene rings is 2. The second kappa shape index (κ2) is 14.7. The van der Waals surface area contributed by atoms with Crippen LogP contribution in [0.5, 0.6) is 0 Å². The maximum atomic E-state index is 12.6. The van der Waals surface area contributed by atoms with Crippen LogP contribution < -0.4 is 0 Å². The molecule has 0 radical (unpaired) electrons. The van der Waals surface area contributed by atoms with E-state index >= 15 is 0 Å². The summed E-state index contributed by atoms with van der Waals surface area (Å²) >= 11 is 0. The summed E-state index contributed by atoms with van der Waals surface area (Å²) < 4.78 is 23.9. The van der Waals surface area contributed by atoms with E-state index in [0.717, 1.165) is 11.1 Å². The van der Waals surface area contributed by atoms with Crippen LogP contribution >= 0.6 is 0 Å². The third-order valence-electron chi connectivity index (χ3n) is 7.70. The lowest BCUT2D eigenvalue weighted by Crippen LogP contribution is -2.58. The molecule has 8 nitrogen and oxygen atoms in total. The van der Waals surface area contributed by atoms with Crippen LogP contribution in [0.1, 0.15) is 65.6 Å². The summed E-state index contributed by atoms with van der Waals surface area (Å²) in [5, 5.41) is -0.0777. The zero-order valence-electron chi connectivity index (χ0n) is 26.2. The Morgan fingerprint density at radius 3 is 1.56 bits per heavy atom. The number of ether oxygens (including phenoxy) is 3. The maximum absolute atomic E-state index is 12.6. The van der Waals surface area contributed by atoms with Gasteiger partial charge < -0.3 is 18.6 Å². The second-order valence-corrected chi connectivity index (χ2v) is 16.8. The zero-order chi connectivity index (χ0) is 31.0. The van der Waals surface area contributed by atoms with Crippen LogP contribution in [0.2, 0.25) is 18.1 Å². The Labute approximate surface area is 246 Å². The van der Waals surface area contributed by atoms with Crippen molar-refractivity contribution in [1.82, 2.24) is 4.90 Å². The number of nitrogens with zero attached hydrogens (tertiary/aromatic N) is 1. The Hall–Kier alpha value is -3.01. The molecule has 0 heterocycles. The van der Waals surface area contributed by atoms with Gasteiger partial charge in [0.15, 0.2) is 20.5 Å². The van der Waals surface area contributed by atoms with Crippen molar-refractivity contribution in [3.8, 4) is 0 Å². The van der Waals surface area contributed by atoms with Gasteiger partial charge in [-0.05, 0) is 43.2 Å². The molecule has 0 unspecified atom stereocenters. The number of carbonyl (C=O) groups excluding carboxylic acids is 3. The minimum absolute atomic E-state index is 0.0777. The number of likely N-dealkylation sites (N-methyl/N-ethyl adjacent to an activating group) is 1. The van der Waals surface area contributed by atoms with Crippen molar-refractivity contribution in [3.05, 3.63) is 71.8 Å². The van der Waals surface area contributed by atoms with E-state index in [-0.39, 0.29) is 17.7 Å². The van der Waals surface area contributed by atoms with E-state index in [0.29, 0.717) is 0 Å². The molecule has 41 heavy (non-hydrogen) atoms. The quantitative estimate of drug-likeness (QED) is 0.163. The third kappa shape index (κ3) is 9.80. The summed E-state index contributed by atoms with van der Waals surface area (Å²) in [4.78, 5) is 38.9. The van der Waals surface area contributed by atoms with Crippen molar-refractivity contribution in [2.75, 3.05) is 13.7 Å². The largest absolute Gasteiger partial charge is 0.459 e. The first kappa shape index (κ1) is 34.2. The van der Waals surface area contributed by atoms with E-state index < -0.39 is 50.6 Å². The molecule has 0 spiro atoms. The van der Waals surface area contributed by atoms with Crippen LogP contribution in [-0.2, 0) is 33.0 Å². The summed E-state index contributed by atoms with van der Waals surface area (Å²) in [6, 6.07) is 19.2. The van der Waals surface area contributed by atoms with Crippen LogP contribution in [0.3, 0.4) is 0 Å². The first-order valence-electron chi connectivity index (χ1n) is 14.0. The molecule has 0 aliphatic carbocycles. The summed E-state index contributed by atoms with van der Waals surface area (Å²) in [6.45, 7) is 16.5. The standard InChI is InChI=1S/C32H47NO7Si/c1-22(38-23(2)34)30(39-24(3)35)31(40-25(4)36)28(21-37-41(9,10)32(5,6)7)33(8)29(26-17-13-11-14-18-26)27-19-15-12-16-20-27/h11-20,22,28-31H,21H2,1-10H3/t22-,28+,30+,31-/m1/s1. The van der Waals surface area contributed by atoms with E-state index in [1.54, 1.807) is 6.92 Å². The first-order chi connectivity index (χ1) is 19.0. The predicted octanol–water partition coefficient (Wildman–Crippen LogP) is 5.91.